The average molecular weight is 174 g/mol. The van der Waals surface area contributed by atoms with Gasteiger partial charge in [-0.15, -0.1) is 0 Å². The first-order valence-corrected chi connectivity index (χ1v) is 4.15. The Bertz CT molecular complexity index is 129. The van der Waals surface area contributed by atoms with Crippen molar-refractivity contribution >= 4 is 5.78 Å². The number of nitrogens with two attached hydrogens (primary N) is 3. The van der Waals surface area contributed by atoms with Gasteiger partial charge in [-0.1, -0.05) is 6.42 Å². The Kier molecular flexibility index (Phi) is 6.88. The van der Waals surface area contributed by atoms with Crippen LogP contribution in [0.4, 0.5) is 0 Å². The predicted molar refractivity (Wildman–Crippen MR) is 48.1 cm³/mol. The summed E-state index contributed by atoms with van der Waals surface area (Å²) in [5.41, 5.74) is 12.9. The van der Waals surface area contributed by atoms with Crippen LogP contribution in [0.15, 0.2) is 0 Å². The van der Waals surface area contributed by atoms with E-state index in [4.69, 9.17) is 17.3 Å². The van der Waals surface area contributed by atoms with Crippen LogP contribution in [0.3, 0.4) is 0 Å². The third-order valence-corrected chi connectivity index (χ3v) is 1.74. The number of ketones is 1. The molecule has 0 aliphatic rings. The monoisotopic (exact) mass is 174 g/mol. The van der Waals surface area contributed by atoms with Crippen molar-refractivity contribution in [2.24, 2.45) is 17.3 Å². The van der Waals surface area contributed by atoms with Gasteiger partial charge in [-0.3, -0.25) is 10.6 Å². The fraction of sp³-hybridized carbons (Fsp3) is 0.857. The van der Waals surface area contributed by atoms with Gasteiger partial charge >= 0.3 is 0 Å². The van der Waals surface area contributed by atoms with Crippen LogP contribution >= 0.6 is 0 Å². The molecule has 0 aromatic carbocycles. The van der Waals surface area contributed by atoms with Crippen molar-refractivity contribution in [2.75, 3.05) is 13.1 Å². The van der Waals surface area contributed by atoms with Gasteiger partial charge in [-0.2, -0.15) is 0 Å². The molecule has 12 heavy (non-hydrogen) atoms. The zero-order valence-electron chi connectivity index (χ0n) is 7.25. The number of hydrogen-bond acceptors (Lipinski definition) is 5. The zero-order valence-corrected chi connectivity index (χ0v) is 7.25. The fourth-order valence-electron chi connectivity index (χ4n) is 0.972. The van der Waals surface area contributed by atoms with Crippen LogP contribution in [0.2, 0.25) is 0 Å². The van der Waals surface area contributed by atoms with Crippen molar-refractivity contribution in [3.8, 4) is 0 Å². The third kappa shape index (κ3) is 4.40. The maximum absolute atomic E-state index is 11.0. The number of carbonyl (C=O) groups is 1. The second-order valence-electron chi connectivity index (χ2n) is 2.67. The number of hydrazine groups is 1. The van der Waals surface area contributed by atoms with Crippen LogP contribution in [-0.4, -0.2) is 24.9 Å². The summed E-state index contributed by atoms with van der Waals surface area (Å²) in [6, 6.07) is -0.304. The van der Waals surface area contributed by atoms with Gasteiger partial charge in [0.2, 0.25) is 0 Å². The van der Waals surface area contributed by atoms with Gasteiger partial charge in [0, 0.05) is 0 Å². The van der Waals surface area contributed by atoms with Crippen LogP contribution < -0.4 is 22.7 Å². The molecule has 5 heteroatoms. The maximum Gasteiger partial charge on any atom is 0.164 e. The Morgan fingerprint density at radius 2 is 2.00 bits per heavy atom. The van der Waals surface area contributed by atoms with Gasteiger partial charge in [-0.25, -0.2) is 5.43 Å². The smallest absolute Gasteiger partial charge is 0.164 e. The van der Waals surface area contributed by atoms with E-state index in [0.29, 0.717) is 13.0 Å². The Morgan fingerprint density at radius 3 is 2.42 bits per heavy atom. The Labute approximate surface area is 72.6 Å². The molecule has 0 bridgehead atoms. The molecular formula is C7H18N4O. The molecule has 0 rings (SSSR count). The number of carbonyl (C=O) groups excluding carboxylic acids is 1. The average Bonchev–Trinajstić information content (AvgIpc) is 2.11. The highest BCUT2D eigenvalue weighted by Gasteiger charge is 2.13. The van der Waals surface area contributed by atoms with Crippen LogP contribution in [0, 0.1) is 0 Å². The minimum atomic E-state index is -0.304. The highest BCUT2D eigenvalue weighted by Crippen LogP contribution is 1.99. The molecular weight excluding hydrogens is 156 g/mol. The number of nitrogens with one attached hydrogen (secondary N) is 1. The van der Waals surface area contributed by atoms with Crippen molar-refractivity contribution in [3.63, 3.8) is 0 Å². The standard InChI is InChI=1S/C7H18N4O/c8-4-2-1-3-6(11-10)7(12)5-9/h6,11H,1-5,8-10H2/t6-/m0/s1. The first kappa shape index (κ1) is 11.5. The molecule has 0 fully saturated rings. The molecule has 0 amide bonds. The topological polar surface area (TPSA) is 107 Å². The lowest BCUT2D eigenvalue weighted by atomic mass is 10.1. The molecule has 7 N–H and O–H groups in total. The summed E-state index contributed by atoms with van der Waals surface area (Å²) >= 11 is 0. The van der Waals surface area contributed by atoms with E-state index in [1.54, 1.807) is 0 Å². The molecule has 0 heterocycles. The van der Waals surface area contributed by atoms with Gasteiger partial charge in [0.1, 0.15) is 0 Å². The molecule has 0 aliphatic heterocycles. The van der Waals surface area contributed by atoms with Gasteiger partial charge in [0.05, 0.1) is 12.6 Å². The van der Waals surface area contributed by atoms with E-state index < -0.39 is 0 Å². The van der Waals surface area contributed by atoms with E-state index >= 15 is 0 Å². The van der Waals surface area contributed by atoms with E-state index in [1.165, 1.54) is 0 Å². The minimum absolute atomic E-state index is 0.0392. The number of rotatable bonds is 7. The molecule has 0 unspecified atom stereocenters. The van der Waals surface area contributed by atoms with E-state index in [0.717, 1.165) is 12.8 Å². The summed E-state index contributed by atoms with van der Waals surface area (Å²) in [7, 11) is 0. The van der Waals surface area contributed by atoms with Gasteiger partial charge in [-0.05, 0) is 19.4 Å². The predicted octanol–water partition coefficient (Wildman–Crippen LogP) is -1.52. The lowest BCUT2D eigenvalue weighted by Crippen LogP contribution is -2.44. The highest BCUT2D eigenvalue weighted by molar-refractivity contribution is 5.85. The quantitative estimate of drug-likeness (QED) is 0.213. The molecule has 0 spiro atoms. The molecule has 5 nitrogen and oxygen atoms in total. The second-order valence-corrected chi connectivity index (χ2v) is 2.67. The van der Waals surface area contributed by atoms with E-state index in [1.807, 2.05) is 0 Å². The normalized spacial score (nSPS) is 12.9. The molecule has 0 aliphatic carbocycles. The SMILES string of the molecule is NCCCC[C@H](NN)C(=O)CN. The Morgan fingerprint density at radius 1 is 1.33 bits per heavy atom. The van der Waals surface area contributed by atoms with Crippen LogP contribution in [0.5, 0.6) is 0 Å². The van der Waals surface area contributed by atoms with Crippen LogP contribution in [0.25, 0.3) is 0 Å². The summed E-state index contributed by atoms with van der Waals surface area (Å²) in [4.78, 5) is 11.0. The first-order valence-electron chi connectivity index (χ1n) is 4.15. The van der Waals surface area contributed by atoms with Crippen molar-refractivity contribution < 1.29 is 4.79 Å². The number of Topliss-reactive ketones (excluding diaryl/α,β-unsaturated/α-hetero) is 1. The highest BCUT2D eigenvalue weighted by atomic mass is 16.1. The van der Waals surface area contributed by atoms with Crippen molar-refractivity contribution in [1.29, 1.82) is 0 Å². The third-order valence-electron chi connectivity index (χ3n) is 1.74. The molecule has 0 radical (unpaired) electrons. The number of unbranched alkanes of at least 4 members (excludes halogenated alkanes) is 1. The van der Waals surface area contributed by atoms with Gasteiger partial charge < -0.3 is 11.5 Å². The van der Waals surface area contributed by atoms with E-state index in [-0.39, 0.29) is 18.4 Å². The molecule has 0 aromatic heterocycles. The summed E-state index contributed by atoms with van der Waals surface area (Å²) < 4.78 is 0. The lowest BCUT2D eigenvalue weighted by molar-refractivity contribution is -0.119. The first-order chi connectivity index (χ1) is 5.76. The fourth-order valence-corrected chi connectivity index (χ4v) is 0.972. The molecule has 72 valence electrons. The lowest BCUT2D eigenvalue weighted by Gasteiger charge is -2.12. The summed E-state index contributed by atoms with van der Waals surface area (Å²) in [6.45, 7) is 0.686. The van der Waals surface area contributed by atoms with Gasteiger partial charge in [0.25, 0.3) is 0 Å². The van der Waals surface area contributed by atoms with Crippen molar-refractivity contribution in [3.05, 3.63) is 0 Å². The Balaban J connectivity index is 3.60. The second kappa shape index (κ2) is 7.17. The number of hydrogen-bond donors (Lipinski definition) is 4. The molecule has 1 atom stereocenters. The maximum atomic E-state index is 11.0. The van der Waals surface area contributed by atoms with Crippen molar-refractivity contribution in [1.82, 2.24) is 5.43 Å². The summed E-state index contributed by atoms with van der Waals surface area (Å²) in [6.07, 6.45) is 2.52. The summed E-state index contributed by atoms with van der Waals surface area (Å²) in [5.74, 6) is 5.13. The van der Waals surface area contributed by atoms with Crippen LogP contribution in [-0.2, 0) is 4.79 Å². The molecule has 0 aromatic rings. The Hall–Kier alpha value is -0.490. The zero-order chi connectivity index (χ0) is 9.40. The van der Waals surface area contributed by atoms with E-state index in [9.17, 15) is 4.79 Å². The van der Waals surface area contributed by atoms with Crippen LogP contribution in [0.1, 0.15) is 19.3 Å². The van der Waals surface area contributed by atoms with Gasteiger partial charge in [0.15, 0.2) is 5.78 Å². The molecule has 0 saturated heterocycles. The minimum Gasteiger partial charge on any atom is -0.330 e. The van der Waals surface area contributed by atoms with E-state index in [2.05, 4.69) is 5.43 Å². The van der Waals surface area contributed by atoms with Crippen molar-refractivity contribution in [2.45, 2.75) is 25.3 Å². The summed E-state index contributed by atoms with van der Waals surface area (Å²) in [5, 5.41) is 0. The largest absolute Gasteiger partial charge is 0.330 e. The molecule has 0 saturated carbocycles.